The number of likely N-dealkylation sites (tertiary alicyclic amines) is 1. The van der Waals surface area contributed by atoms with E-state index in [0.717, 1.165) is 47.4 Å². The van der Waals surface area contributed by atoms with Crippen molar-refractivity contribution in [1.29, 1.82) is 0 Å². The van der Waals surface area contributed by atoms with E-state index in [4.69, 9.17) is 0 Å². The highest BCUT2D eigenvalue weighted by Gasteiger charge is 2.22. The van der Waals surface area contributed by atoms with Gasteiger partial charge in [0.2, 0.25) is 0 Å². The first kappa shape index (κ1) is 23.7. The molecule has 1 fully saturated rings. The summed E-state index contributed by atoms with van der Waals surface area (Å²) in [6.07, 6.45) is 4.24. The Morgan fingerprint density at radius 1 is 0.875 bits per heavy atom. The maximum atomic E-state index is 13.1. The molecule has 0 radical (unpaired) electrons. The van der Waals surface area contributed by atoms with Crippen molar-refractivity contribution in [2.75, 3.05) is 43.9 Å². The number of carbonyl (C=O) groups excluding carboxylic acids is 2. The number of anilines is 2. The average molecular weight is 459 g/mol. The maximum Gasteiger partial charge on any atom is 0.303 e. The minimum atomic E-state index is -3.62. The molecule has 0 saturated carbocycles. The molecule has 1 aliphatic rings. The summed E-state index contributed by atoms with van der Waals surface area (Å²) in [7, 11) is 0.750. The lowest BCUT2D eigenvalue weighted by atomic mass is 10.1. The van der Waals surface area contributed by atoms with Crippen molar-refractivity contribution in [3.05, 3.63) is 59.7 Å². The number of hydrogen-bond donors (Lipinski definition) is 1. The van der Waals surface area contributed by atoms with E-state index in [-0.39, 0.29) is 11.8 Å². The lowest BCUT2D eigenvalue weighted by molar-refractivity contribution is 0.0762. The van der Waals surface area contributed by atoms with Gasteiger partial charge in [-0.25, -0.2) is 0 Å². The van der Waals surface area contributed by atoms with Crippen molar-refractivity contribution in [2.24, 2.45) is 0 Å². The second kappa shape index (κ2) is 10.1. The van der Waals surface area contributed by atoms with E-state index in [1.54, 1.807) is 48.5 Å². The number of nitrogens with one attached hydrogen (secondary N) is 1. The fourth-order valence-electron chi connectivity index (χ4n) is 3.62. The van der Waals surface area contributed by atoms with Gasteiger partial charge in [-0.05, 0) is 49.2 Å². The summed E-state index contributed by atoms with van der Waals surface area (Å²) >= 11 is 0. The zero-order valence-electron chi connectivity index (χ0n) is 18.7. The normalized spacial score (nSPS) is 14.7. The molecule has 0 aromatic heterocycles. The number of amides is 2. The summed E-state index contributed by atoms with van der Waals surface area (Å²) < 4.78 is 26.8. The van der Waals surface area contributed by atoms with Crippen molar-refractivity contribution in [2.45, 2.75) is 25.7 Å². The van der Waals surface area contributed by atoms with Crippen LogP contribution in [0.15, 0.2) is 48.5 Å². The molecular formula is C23H30N4O4S. The number of rotatable bonds is 6. The maximum absolute atomic E-state index is 13.1. The van der Waals surface area contributed by atoms with Crippen LogP contribution >= 0.6 is 0 Å². The first-order valence-electron chi connectivity index (χ1n) is 10.7. The topological polar surface area (TPSA) is 90.0 Å². The fourth-order valence-corrected chi connectivity index (χ4v) is 4.50. The van der Waals surface area contributed by atoms with E-state index in [1.807, 2.05) is 4.90 Å². The monoisotopic (exact) mass is 458 g/mol. The molecule has 8 nitrogen and oxygen atoms in total. The van der Waals surface area contributed by atoms with E-state index in [9.17, 15) is 18.0 Å². The van der Waals surface area contributed by atoms with Crippen molar-refractivity contribution in [1.82, 2.24) is 9.21 Å². The van der Waals surface area contributed by atoms with Crippen LogP contribution in [0.2, 0.25) is 0 Å². The molecule has 1 aliphatic heterocycles. The van der Waals surface area contributed by atoms with Crippen LogP contribution in [0.25, 0.3) is 0 Å². The number of nitrogens with zero attached hydrogens (tertiary/aromatic N) is 3. The number of para-hydroxylation sites is 1. The highest BCUT2D eigenvalue weighted by atomic mass is 32.2. The molecule has 2 amide bonds. The van der Waals surface area contributed by atoms with Crippen LogP contribution in [0.3, 0.4) is 0 Å². The molecule has 9 heteroatoms. The fraction of sp³-hybridized carbons (Fsp3) is 0.391. The van der Waals surface area contributed by atoms with Gasteiger partial charge in [0, 0.05) is 39.8 Å². The van der Waals surface area contributed by atoms with Gasteiger partial charge in [0.1, 0.15) is 0 Å². The predicted molar refractivity (Wildman–Crippen MR) is 126 cm³/mol. The summed E-state index contributed by atoms with van der Waals surface area (Å²) in [5.41, 5.74) is 1.73. The number of carbonyl (C=O) groups is 2. The van der Waals surface area contributed by atoms with Gasteiger partial charge in [0.25, 0.3) is 11.8 Å². The van der Waals surface area contributed by atoms with Gasteiger partial charge in [-0.1, -0.05) is 25.0 Å². The van der Waals surface area contributed by atoms with Crippen molar-refractivity contribution in [3.8, 4) is 0 Å². The second-order valence-electron chi connectivity index (χ2n) is 8.01. The van der Waals surface area contributed by atoms with Crippen LogP contribution in [0.4, 0.5) is 11.4 Å². The molecule has 3 rings (SSSR count). The molecule has 1 heterocycles. The lowest BCUT2D eigenvalue weighted by Crippen LogP contribution is -2.37. The molecule has 2 aromatic carbocycles. The second-order valence-corrected chi connectivity index (χ2v) is 10.2. The van der Waals surface area contributed by atoms with Gasteiger partial charge in [-0.3, -0.25) is 13.9 Å². The van der Waals surface area contributed by atoms with Crippen LogP contribution in [0.1, 0.15) is 46.4 Å². The third-order valence-corrected chi connectivity index (χ3v) is 7.43. The van der Waals surface area contributed by atoms with E-state index in [2.05, 4.69) is 5.32 Å². The Bertz CT molecular complexity index is 1060. The van der Waals surface area contributed by atoms with Gasteiger partial charge in [0.15, 0.2) is 0 Å². The van der Waals surface area contributed by atoms with Crippen LogP contribution in [0.5, 0.6) is 0 Å². The van der Waals surface area contributed by atoms with Gasteiger partial charge >= 0.3 is 10.2 Å². The third kappa shape index (κ3) is 5.28. The zero-order valence-corrected chi connectivity index (χ0v) is 19.6. The van der Waals surface area contributed by atoms with Crippen LogP contribution in [-0.2, 0) is 10.2 Å². The molecule has 32 heavy (non-hydrogen) atoms. The molecule has 0 unspecified atom stereocenters. The molecule has 172 valence electrons. The Hall–Kier alpha value is -2.91. The molecule has 0 spiro atoms. The third-order valence-electron chi connectivity index (χ3n) is 5.60. The standard InChI is InChI=1S/C23H30N4O4S/c1-25(2)32(30,31)26(3)19-14-12-18(13-15-19)22(28)24-21-11-7-6-10-20(21)23(29)27-16-8-4-5-9-17-27/h6-7,10-15H,4-5,8-9,16-17H2,1-3H3,(H,24,28). The minimum Gasteiger partial charge on any atom is -0.339 e. The first-order valence-corrected chi connectivity index (χ1v) is 12.1. The van der Waals surface area contributed by atoms with E-state index in [0.29, 0.717) is 22.5 Å². The molecular weight excluding hydrogens is 428 g/mol. The molecule has 0 bridgehead atoms. The summed E-state index contributed by atoms with van der Waals surface area (Å²) in [4.78, 5) is 27.8. The number of hydrogen-bond acceptors (Lipinski definition) is 4. The molecule has 1 N–H and O–H groups in total. The highest BCUT2D eigenvalue weighted by molar-refractivity contribution is 7.90. The summed E-state index contributed by atoms with van der Waals surface area (Å²) in [5, 5.41) is 2.83. The van der Waals surface area contributed by atoms with E-state index >= 15 is 0 Å². The van der Waals surface area contributed by atoms with Gasteiger partial charge in [0.05, 0.1) is 16.9 Å². The molecule has 0 aliphatic carbocycles. The Kier molecular flexibility index (Phi) is 7.52. The summed E-state index contributed by atoms with van der Waals surface area (Å²) in [6, 6.07) is 13.3. The Labute approximate surface area is 190 Å². The zero-order chi connectivity index (χ0) is 23.3. The van der Waals surface area contributed by atoms with E-state index in [1.165, 1.54) is 21.1 Å². The van der Waals surface area contributed by atoms with Crippen molar-refractivity contribution >= 4 is 33.4 Å². The van der Waals surface area contributed by atoms with Crippen LogP contribution in [-0.4, -0.2) is 63.7 Å². The lowest BCUT2D eigenvalue weighted by Gasteiger charge is -2.23. The van der Waals surface area contributed by atoms with Crippen molar-refractivity contribution < 1.29 is 18.0 Å². The van der Waals surface area contributed by atoms with Crippen molar-refractivity contribution in [3.63, 3.8) is 0 Å². The first-order chi connectivity index (χ1) is 15.2. The summed E-state index contributed by atoms with van der Waals surface area (Å²) in [5.74, 6) is -0.445. The van der Waals surface area contributed by atoms with Gasteiger partial charge < -0.3 is 10.2 Å². The smallest absolute Gasteiger partial charge is 0.303 e. The quantitative estimate of drug-likeness (QED) is 0.720. The minimum absolute atomic E-state index is 0.0753. The van der Waals surface area contributed by atoms with E-state index < -0.39 is 10.2 Å². The number of benzene rings is 2. The Balaban J connectivity index is 1.76. The SMILES string of the molecule is CN(C)S(=O)(=O)N(C)c1ccc(C(=O)Nc2ccccc2C(=O)N2CCCCCC2)cc1. The molecule has 2 aromatic rings. The highest BCUT2D eigenvalue weighted by Crippen LogP contribution is 2.22. The molecule has 1 saturated heterocycles. The predicted octanol–water partition coefficient (Wildman–Crippen LogP) is 3.20. The molecule has 0 atom stereocenters. The van der Waals surface area contributed by atoms with Crippen LogP contribution < -0.4 is 9.62 Å². The summed E-state index contributed by atoms with van der Waals surface area (Å²) in [6.45, 7) is 1.46. The van der Waals surface area contributed by atoms with Gasteiger partial charge in [-0.2, -0.15) is 12.7 Å². The Morgan fingerprint density at radius 2 is 1.47 bits per heavy atom. The largest absolute Gasteiger partial charge is 0.339 e. The van der Waals surface area contributed by atoms with Crippen LogP contribution in [0, 0.1) is 0 Å². The average Bonchev–Trinajstić information content (AvgIpc) is 3.08. The Morgan fingerprint density at radius 3 is 2.06 bits per heavy atom. The van der Waals surface area contributed by atoms with Gasteiger partial charge in [-0.15, -0.1) is 0 Å².